The standard InChI is InChI=1S/C24H21FN4O2/c25-21-7-6-19(15-28-21)18-5-3-4-17(12-18)16-31-23(30)13-24(9-1-2-10-24)20-8-11-27-22(14-26)29-20/h3-8,11-12,15H,1-2,9-10,13,16H2. The van der Waals surface area contributed by atoms with Crippen molar-refractivity contribution in [3.8, 4) is 17.2 Å². The number of carbonyl (C=O) groups excluding carboxylic acids is 1. The predicted octanol–water partition coefficient (Wildman–Crippen LogP) is 4.49. The SMILES string of the molecule is N#Cc1nccc(C2(CC(=O)OCc3cccc(-c4ccc(F)nc4)c3)CCCC2)n1. The van der Waals surface area contributed by atoms with Crippen molar-refractivity contribution in [3.05, 3.63) is 77.9 Å². The summed E-state index contributed by atoms with van der Waals surface area (Å²) in [5.74, 6) is -0.711. The Morgan fingerprint density at radius 2 is 1.97 bits per heavy atom. The molecule has 31 heavy (non-hydrogen) atoms. The molecule has 2 aromatic heterocycles. The van der Waals surface area contributed by atoms with Crippen molar-refractivity contribution in [1.29, 1.82) is 5.26 Å². The summed E-state index contributed by atoms with van der Waals surface area (Å²) in [5.41, 5.74) is 2.83. The van der Waals surface area contributed by atoms with E-state index in [4.69, 9.17) is 10.00 Å². The summed E-state index contributed by atoms with van der Waals surface area (Å²) >= 11 is 0. The van der Waals surface area contributed by atoms with Crippen LogP contribution in [-0.4, -0.2) is 20.9 Å². The van der Waals surface area contributed by atoms with Gasteiger partial charge < -0.3 is 4.74 Å². The van der Waals surface area contributed by atoms with Crippen LogP contribution in [0, 0.1) is 17.3 Å². The van der Waals surface area contributed by atoms with Gasteiger partial charge in [0.1, 0.15) is 12.7 Å². The minimum absolute atomic E-state index is 0.115. The van der Waals surface area contributed by atoms with E-state index >= 15 is 0 Å². The summed E-state index contributed by atoms with van der Waals surface area (Å²) in [6.45, 7) is 0.143. The molecule has 6 nitrogen and oxygen atoms in total. The molecule has 2 heterocycles. The summed E-state index contributed by atoms with van der Waals surface area (Å²) in [6, 6.07) is 14.3. The fourth-order valence-corrected chi connectivity index (χ4v) is 4.16. The number of halogens is 1. The van der Waals surface area contributed by atoms with E-state index in [0.29, 0.717) is 0 Å². The first kappa shape index (κ1) is 20.6. The number of benzene rings is 1. The van der Waals surface area contributed by atoms with Crippen LogP contribution in [0.2, 0.25) is 0 Å². The van der Waals surface area contributed by atoms with Gasteiger partial charge in [0.2, 0.25) is 11.8 Å². The van der Waals surface area contributed by atoms with Gasteiger partial charge in [0, 0.05) is 23.4 Å². The lowest BCUT2D eigenvalue weighted by molar-refractivity contribution is -0.146. The highest BCUT2D eigenvalue weighted by Crippen LogP contribution is 2.43. The number of carbonyl (C=O) groups is 1. The van der Waals surface area contributed by atoms with Gasteiger partial charge in [-0.15, -0.1) is 0 Å². The molecule has 0 atom stereocenters. The molecule has 1 aliphatic carbocycles. The third-order valence-electron chi connectivity index (χ3n) is 5.73. The Hall–Kier alpha value is -3.66. The fraction of sp³-hybridized carbons (Fsp3) is 0.292. The number of nitriles is 1. The number of rotatable bonds is 6. The number of esters is 1. The zero-order valence-electron chi connectivity index (χ0n) is 16.9. The molecule has 0 saturated heterocycles. The normalized spacial score (nSPS) is 14.7. The quantitative estimate of drug-likeness (QED) is 0.434. The molecule has 1 saturated carbocycles. The largest absolute Gasteiger partial charge is 0.461 e. The highest BCUT2D eigenvalue weighted by molar-refractivity contribution is 5.71. The molecule has 4 rings (SSSR count). The van der Waals surface area contributed by atoms with Crippen molar-refractivity contribution in [2.45, 2.75) is 44.1 Å². The Labute approximate surface area is 179 Å². The molecule has 1 fully saturated rings. The van der Waals surface area contributed by atoms with Crippen molar-refractivity contribution in [1.82, 2.24) is 15.0 Å². The molecule has 0 aliphatic heterocycles. The van der Waals surface area contributed by atoms with Crippen LogP contribution in [0.15, 0.2) is 54.9 Å². The number of pyridine rings is 1. The third-order valence-corrected chi connectivity index (χ3v) is 5.73. The van der Waals surface area contributed by atoms with E-state index in [-0.39, 0.29) is 24.8 Å². The van der Waals surface area contributed by atoms with Gasteiger partial charge in [0.15, 0.2) is 0 Å². The molecule has 0 spiro atoms. The summed E-state index contributed by atoms with van der Waals surface area (Å²) in [6.07, 6.45) is 6.94. The number of hydrogen-bond donors (Lipinski definition) is 0. The highest BCUT2D eigenvalue weighted by Gasteiger charge is 2.39. The zero-order chi connectivity index (χ0) is 21.7. The minimum atomic E-state index is -0.528. The van der Waals surface area contributed by atoms with E-state index in [0.717, 1.165) is 48.1 Å². The molecule has 0 amide bonds. The smallest absolute Gasteiger partial charge is 0.307 e. The Morgan fingerprint density at radius 3 is 2.71 bits per heavy atom. The maximum Gasteiger partial charge on any atom is 0.307 e. The number of ether oxygens (including phenoxy) is 1. The maximum atomic E-state index is 13.1. The van der Waals surface area contributed by atoms with Crippen molar-refractivity contribution in [3.63, 3.8) is 0 Å². The molecule has 0 N–H and O–H groups in total. The molecule has 0 bridgehead atoms. The van der Waals surface area contributed by atoms with Crippen LogP contribution in [0.3, 0.4) is 0 Å². The second-order valence-corrected chi connectivity index (χ2v) is 7.77. The molecule has 3 aromatic rings. The monoisotopic (exact) mass is 416 g/mol. The predicted molar refractivity (Wildman–Crippen MR) is 111 cm³/mol. The Balaban J connectivity index is 1.44. The van der Waals surface area contributed by atoms with Gasteiger partial charge in [-0.25, -0.2) is 15.0 Å². The van der Waals surface area contributed by atoms with Crippen LogP contribution in [-0.2, 0) is 21.6 Å². The molecule has 0 radical (unpaired) electrons. The van der Waals surface area contributed by atoms with Gasteiger partial charge in [-0.05, 0) is 48.2 Å². The van der Waals surface area contributed by atoms with Crippen LogP contribution in [0.4, 0.5) is 4.39 Å². The van der Waals surface area contributed by atoms with Gasteiger partial charge >= 0.3 is 5.97 Å². The molecule has 0 unspecified atom stereocenters. The molecule has 1 aliphatic rings. The average molecular weight is 416 g/mol. The molecule has 1 aromatic carbocycles. The van der Waals surface area contributed by atoms with Crippen LogP contribution in [0.5, 0.6) is 0 Å². The topological polar surface area (TPSA) is 88.8 Å². The van der Waals surface area contributed by atoms with E-state index in [1.165, 1.54) is 12.3 Å². The van der Waals surface area contributed by atoms with Crippen LogP contribution >= 0.6 is 0 Å². The van der Waals surface area contributed by atoms with E-state index in [1.54, 1.807) is 18.3 Å². The molecule has 7 heteroatoms. The van der Waals surface area contributed by atoms with Crippen molar-refractivity contribution in [2.24, 2.45) is 0 Å². The molecular formula is C24H21FN4O2. The van der Waals surface area contributed by atoms with Crippen LogP contribution in [0.1, 0.15) is 49.2 Å². The van der Waals surface area contributed by atoms with E-state index < -0.39 is 11.4 Å². The van der Waals surface area contributed by atoms with Crippen molar-refractivity contribution >= 4 is 5.97 Å². The highest BCUT2D eigenvalue weighted by atomic mass is 19.1. The summed E-state index contributed by atoms with van der Waals surface area (Å²) < 4.78 is 18.6. The average Bonchev–Trinajstić information content (AvgIpc) is 3.28. The van der Waals surface area contributed by atoms with Gasteiger partial charge in [-0.2, -0.15) is 9.65 Å². The Bertz CT molecular complexity index is 1120. The lowest BCUT2D eigenvalue weighted by Crippen LogP contribution is -2.28. The van der Waals surface area contributed by atoms with Gasteiger partial charge in [-0.1, -0.05) is 31.0 Å². The summed E-state index contributed by atoms with van der Waals surface area (Å²) in [7, 11) is 0. The number of aromatic nitrogens is 3. The first-order valence-electron chi connectivity index (χ1n) is 10.2. The van der Waals surface area contributed by atoms with Crippen LogP contribution in [0.25, 0.3) is 11.1 Å². The number of hydrogen-bond acceptors (Lipinski definition) is 6. The second kappa shape index (κ2) is 9.00. The minimum Gasteiger partial charge on any atom is -0.461 e. The van der Waals surface area contributed by atoms with Gasteiger partial charge in [0.05, 0.1) is 12.1 Å². The lowest BCUT2D eigenvalue weighted by atomic mass is 9.79. The van der Waals surface area contributed by atoms with E-state index in [1.807, 2.05) is 30.3 Å². The number of nitrogens with zero attached hydrogens (tertiary/aromatic N) is 4. The zero-order valence-corrected chi connectivity index (χ0v) is 16.9. The second-order valence-electron chi connectivity index (χ2n) is 7.77. The van der Waals surface area contributed by atoms with Crippen LogP contribution < -0.4 is 0 Å². The first-order valence-corrected chi connectivity index (χ1v) is 10.2. The molecular weight excluding hydrogens is 395 g/mol. The van der Waals surface area contributed by atoms with Gasteiger partial charge in [-0.3, -0.25) is 4.79 Å². The molecule has 156 valence electrons. The lowest BCUT2D eigenvalue weighted by Gasteiger charge is -2.27. The van der Waals surface area contributed by atoms with E-state index in [9.17, 15) is 9.18 Å². The third kappa shape index (κ3) is 4.75. The Morgan fingerprint density at radius 1 is 1.13 bits per heavy atom. The summed E-state index contributed by atoms with van der Waals surface area (Å²) in [5, 5.41) is 9.11. The van der Waals surface area contributed by atoms with E-state index in [2.05, 4.69) is 15.0 Å². The summed E-state index contributed by atoms with van der Waals surface area (Å²) in [4.78, 5) is 24.7. The van der Waals surface area contributed by atoms with Crippen molar-refractivity contribution in [2.75, 3.05) is 0 Å². The Kier molecular flexibility index (Phi) is 5.99. The maximum absolute atomic E-state index is 13.1. The first-order chi connectivity index (χ1) is 15.1. The fourth-order valence-electron chi connectivity index (χ4n) is 4.16. The van der Waals surface area contributed by atoms with Crippen molar-refractivity contribution < 1.29 is 13.9 Å². The van der Waals surface area contributed by atoms with Gasteiger partial charge in [0.25, 0.3) is 0 Å².